The van der Waals surface area contributed by atoms with Crippen LogP contribution in [0.15, 0.2) is 12.3 Å². The predicted molar refractivity (Wildman–Crippen MR) is 86.2 cm³/mol. The molecule has 0 aliphatic carbocycles. The Morgan fingerprint density at radius 2 is 2.20 bits per heavy atom. The summed E-state index contributed by atoms with van der Waals surface area (Å²) in [5.74, 6) is 0. The molecule has 1 atom stereocenters. The Morgan fingerprint density at radius 3 is 2.95 bits per heavy atom. The van der Waals surface area contributed by atoms with Crippen molar-refractivity contribution in [3.05, 3.63) is 23.5 Å². The average Bonchev–Trinajstić information content (AvgIpc) is 2.47. The molecule has 1 N–H and O–H groups in total. The largest absolute Gasteiger partial charge is 0.368 e. The van der Waals surface area contributed by atoms with E-state index in [9.17, 15) is 0 Å². The van der Waals surface area contributed by atoms with Crippen molar-refractivity contribution in [1.29, 1.82) is 0 Å². The monoisotopic (exact) mass is 275 g/mol. The molecule has 1 unspecified atom stereocenters. The fourth-order valence-corrected chi connectivity index (χ4v) is 3.19. The summed E-state index contributed by atoms with van der Waals surface area (Å²) in [6.45, 7) is 9.68. The molecular formula is C17H29N3. The Bertz CT molecular complexity index is 415. The predicted octanol–water partition coefficient (Wildman–Crippen LogP) is 3.66. The van der Waals surface area contributed by atoms with Crippen molar-refractivity contribution in [1.82, 2.24) is 10.3 Å². The number of pyridine rings is 1. The summed E-state index contributed by atoms with van der Waals surface area (Å²) in [6.07, 6.45) is 8.69. The smallest absolute Gasteiger partial charge is 0.0448 e. The van der Waals surface area contributed by atoms with Crippen LogP contribution in [0, 0.1) is 6.92 Å². The minimum absolute atomic E-state index is 0.718. The van der Waals surface area contributed by atoms with Gasteiger partial charge in [0.15, 0.2) is 0 Å². The molecule has 0 bridgehead atoms. The van der Waals surface area contributed by atoms with E-state index in [-0.39, 0.29) is 0 Å². The maximum absolute atomic E-state index is 4.49. The van der Waals surface area contributed by atoms with Crippen LogP contribution in [0.2, 0.25) is 0 Å². The number of anilines is 1. The first-order chi connectivity index (χ1) is 9.76. The lowest BCUT2D eigenvalue weighted by Gasteiger charge is -2.39. The van der Waals surface area contributed by atoms with Crippen LogP contribution < -0.4 is 10.2 Å². The van der Waals surface area contributed by atoms with Crippen molar-refractivity contribution >= 4 is 5.69 Å². The zero-order valence-corrected chi connectivity index (χ0v) is 13.3. The number of nitrogens with zero attached hydrogens (tertiary/aromatic N) is 2. The first-order valence-corrected chi connectivity index (χ1v) is 8.19. The van der Waals surface area contributed by atoms with Gasteiger partial charge in [-0.3, -0.25) is 4.98 Å². The molecule has 3 nitrogen and oxygen atoms in total. The van der Waals surface area contributed by atoms with Gasteiger partial charge in [-0.1, -0.05) is 20.3 Å². The zero-order valence-electron chi connectivity index (χ0n) is 13.3. The standard InChI is InChI=1S/C17H29N3/c1-4-8-16-9-6-7-10-20(16)17-11-14(3)19-13-15(17)12-18-5-2/h11,13,16,18H,4-10,12H2,1-3H3. The molecule has 3 heteroatoms. The molecular weight excluding hydrogens is 246 g/mol. The van der Waals surface area contributed by atoms with Gasteiger partial charge in [-0.05, 0) is 45.2 Å². The van der Waals surface area contributed by atoms with Crippen molar-refractivity contribution in [3.63, 3.8) is 0 Å². The third-order valence-corrected chi connectivity index (χ3v) is 4.22. The molecule has 1 saturated heterocycles. The van der Waals surface area contributed by atoms with Gasteiger partial charge in [0, 0.05) is 42.3 Å². The molecule has 1 aliphatic rings. The quantitative estimate of drug-likeness (QED) is 0.859. The molecule has 1 fully saturated rings. The Balaban J connectivity index is 2.25. The van der Waals surface area contributed by atoms with E-state index in [1.165, 1.54) is 49.9 Å². The van der Waals surface area contributed by atoms with E-state index >= 15 is 0 Å². The van der Waals surface area contributed by atoms with Crippen molar-refractivity contribution in [2.24, 2.45) is 0 Å². The second kappa shape index (κ2) is 7.63. The lowest BCUT2D eigenvalue weighted by Crippen LogP contribution is -2.40. The highest BCUT2D eigenvalue weighted by molar-refractivity contribution is 5.54. The number of piperidine rings is 1. The topological polar surface area (TPSA) is 28.2 Å². The SMILES string of the molecule is CCCC1CCCCN1c1cc(C)ncc1CNCC. The lowest BCUT2D eigenvalue weighted by molar-refractivity contribution is 0.433. The Kier molecular flexibility index (Phi) is 5.84. The van der Waals surface area contributed by atoms with Crippen LogP contribution in [0.3, 0.4) is 0 Å². The first kappa shape index (κ1) is 15.3. The second-order valence-electron chi connectivity index (χ2n) is 5.87. The first-order valence-electron chi connectivity index (χ1n) is 8.19. The van der Waals surface area contributed by atoms with Gasteiger partial charge in [-0.2, -0.15) is 0 Å². The fraction of sp³-hybridized carbons (Fsp3) is 0.706. The highest BCUT2D eigenvalue weighted by Crippen LogP contribution is 2.30. The summed E-state index contributed by atoms with van der Waals surface area (Å²) in [5.41, 5.74) is 3.89. The molecule has 0 saturated carbocycles. The van der Waals surface area contributed by atoms with E-state index < -0.39 is 0 Å². The van der Waals surface area contributed by atoms with E-state index in [1.807, 2.05) is 0 Å². The van der Waals surface area contributed by atoms with E-state index in [1.54, 1.807) is 0 Å². The van der Waals surface area contributed by atoms with Gasteiger partial charge in [0.05, 0.1) is 0 Å². The van der Waals surface area contributed by atoms with Gasteiger partial charge < -0.3 is 10.2 Å². The van der Waals surface area contributed by atoms with Crippen molar-refractivity contribution in [2.45, 2.75) is 65.5 Å². The molecule has 1 aromatic heterocycles. The summed E-state index contributed by atoms with van der Waals surface area (Å²) in [6, 6.07) is 3.00. The van der Waals surface area contributed by atoms with Gasteiger partial charge >= 0.3 is 0 Å². The number of hydrogen-bond donors (Lipinski definition) is 1. The minimum Gasteiger partial charge on any atom is -0.368 e. The number of aryl methyl sites for hydroxylation is 1. The Hall–Kier alpha value is -1.09. The molecule has 2 rings (SSSR count). The lowest BCUT2D eigenvalue weighted by atomic mass is 9.96. The summed E-state index contributed by atoms with van der Waals surface area (Å²) >= 11 is 0. The summed E-state index contributed by atoms with van der Waals surface area (Å²) in [5, 5.41) is 3.44. The van der Waals surface area contributed by atoms with Crippen molar-refractivity contribution in [2.75, 3.05) is 18.0 Å². The number of nitrogens with one attached hydrogen (secondary N) is 1. The second-order valence-corrected chi connectivity index (χ2v) is 5.87. The van der Waals surface area contributed by atoms with Crippen LogP contribution in [-0.4, -0.2) is 24.1 Å². The van der Waals surface area contributed by atoms with Gasteiger partial charge in [0.2, 0.25) is 0 Å². The zero-order chi connectivity index (χ0) is 14.4. The van der Waals surface area contributed by atoms with Gasteiger partial charge in [0.1, 0.15) is 0 Å². The molecule has 20 heavy (non-hydrogen) atoms. The van der Waals surface area contributed by atoms with Crippen LogP contribution in [0.25, 0.3) is 0 Å². The van der Waals surface area contributed by atoms with Gasteiger partial charge in [0.25, 0.3) is 0 Å². The van der Waals surface area contributed by atoms with Crippen LogP contribution in [-0.2, 0) is 6.54 Å². The molecule has 0 radical (unpaired) electrons. The van der Waals surface area contributed by atoms with Crippen molar-refractivity contribution < 1.29 is 0 Å². The third kappa shape index (κ3) is 3.72. The molecule has 1 aliphatic heterocycles. The van der Waals surface area contributed by atoms with Crippen LogP contribution >= 0.6 is 0 Å². The average molecular weight is 275 g/mol. The maximum Gasteiger partial charge on any atom is 0.0448 e. The summed E-state index contributed by atoms with van der Waals surface area (Å²) in [4.78, 5) is 7.14. The van der Waals surface area contributed by atoms with E-state index in [4.69, 9.17) is 0 Å². The highest BCUT2D eigenvalue weighted by Gasteiger charge is 2.23. The van der Waals surface area contributed by atoms with Crippen LogP contribution in [0.4, 0.5) is 5.69 Å². The fourth-order valence-electron chi connectivity index (χ4n) is 3.19. The highest BCUT2D eigenvalue weighted by atomic mass is 15.2. The minimum atomic E-state index is 0.718. The molecule has 0 spiro atoms. The van der Waals surface area contributed by atoms with Gasteiger partial charge in [-0.25, -0.2) is 0 Å². The molecule has 1 aromatic rings. The maximum atomic E-state index is 4.49. The Labute approximate surface area is 123 Å². The number of rotatable bonds is 6. The summed E-state index contributed by atoms with van der Waals surface area (Å²) < 4.78 is 0. The van der Waals surface area contributed by atoms with Crippen molar-refractivity contribution in [3.8, 4) is 0 Å². The molecule has 0 amide bonds. The third-order valence-electron chi connectivity index (χ3n) is 4.22. The number of aromatic nitrogens is 1. The molecule has 0 aromatic carbocycles. The summed E-state index contributed by atoms with van der Waals surface area (Å²) in [7, 11) is 0. The van der Waals surface area contributed by atoms with Crippen LogP contribution in [0.1, 0.15) is 57.2 Å². The van der Waals surface area contributed by atoms with Crippen LogP contribution in [0.5, 0.6) is 0 Å². The van der Waals surface area contributed by atoms with E-state index in [0.29, 0.717) is 0 Å². The molecule has 2 heterocycles. The normalized spacial score (nSPS) is 19.4. The van der Waals surface area contributed by atoms with E-state index in [0.717, 1.165) is 24.8 Å². The molecule has 112 valence electrons. The Morgan fingerprint density at radius 1 is 1.35 bits per heavy atom. The number of hydrogen-bond acceptors (Lipinski definition) is 3. The van der Waals surface area contributed by atoms with E-state index in [2.05, 4.69) is 48.2 Å². The van der Waals surface area contributed by atoms with Gasteiger partial charge in [-0.15, -0.1) is 0 Å².